The maximum absolute atomic E-state index is 12.0. The van der Waals surface area contributed by atoms with Crippen LogP contribution in [0.3, 0.4) is 0 Å². The lowest BCUT2D eigenvalue weighted by molar-refractivity contribution is 0.0981. The summed E-state index contributed by atoms with van der Waals surface area (Å²) in [6, 6.07) is 3.99. The largest absolute Gasteiger partial charge is 0.494 e. The molecule has 0 atom stereocenters. The molecule has 2 rings (SSSR count). The fourth-order valence-corrected chi connectivity index (χ4v) is 2.39. The Balaban J connectivity index is 2.53. The van der Waals surface area contributed by atoms with Crippen molar-refractivity contribution in [2.24, 2.45) is 0 Å². The standard InChI is InChI=1S/C14H18O2/c1-3-16-13-9-8-10(2)14-11(13)6-4-5-7-12(14)15/h8-9H,3-7H2,1-2H3. The molecule has 0 heterocycles. The third kappa shape index (κ3) is 1.97. The molecule has 0 amide bonds. The van der Waals surface area contributed by atoms with E-state index in [1.807, 2.05) is 26.0 Å². The molecule has 2 nitrogen and oxygen atoms in total. The minimum Gasteiger partial charge on any atom is -0.494 e. The van der Waals surface area contributed by atoms with Gasteiger partial charge in [-0.15, -0.1) is 0 Å². The summed E-state index contributed by atoms with van der Waals surface area (Å²) in [5.41, 5.74) is 3.14. The Hall–Kier alpha value is -1.31. The van der Waals surface area contributed by atoms with Crippen LogP contribution in [0.15, 0.2) is 12.1 Å². The summed E-state index contributed by atoms with van der Waals surface area (Å²) in [5.74, 6) is 1.19. The smallest absolute Gasteiger partial charge is 0.163 e. The second-order valence-electron chi connectivity index (χ2n) is 4.30. The van der Waals surface area contributed by atoms with Crippen LogP contribution in [-0.4, -0.2) is 12.4 Å². The predicted octanol–water partition coefficient (Wildman–Crippen LogP) is 3.30. The molecule has 16 heavy (non-hydrogen) atoms. The summed E-state index contributed by atoms with van der Waals surface area (Å²) in [6.07, 6.45) is 3.74. The third-order valence-corrected chi connectivity index (χ3v) is 3.14. The zero-order valence-electron chi connectivity index (χ0n) is 10.0. The number of ketones is 1. The Kier molecular flexibility index (Phi) is 3.28. The second kappa shape index (κ2) is 4.69. The topological polar surface area (TPSA) is 26.3 Å². The first-order valence-electron chi connectivity index (χ1n) is 6.02. The Labute approximate surface area is 96.6 Å². The number of benzene rings is 1. The van der Waals surface area contributed by atoms with Crippen molar-refractivity contribution in [1.82, 2.24) is 0 Å². The number of hydrogen-bond acceptors (Lipinski definition) is 2. The molecule has 1 aromatic rings. The minimum absolute atomic E-state index is 0.284. The second-order valence-corrected chi connectivity index (χ2v) is 4.30. The van der Waals surface area contributed by atoms with Gasteiger partial charge in [-0.05, 0) is 44.7 Å². The molecule has 0 fully saturated rings. The molecule has 0 unspecified atom stereocenters. The zero-order valence-corrected chi connectivity index (χ0v) is 10.0. The van der Waals surface area contributed by atoms with Gasteiger partial charge in [0.25, 0.3) is 0 Å². The number of aryl methyl sites for hydroxylation is 1. The lowest BCUT2D eigenvalue weighted by Gasteiger charge is -2.14. The molecular formula is C14H18O2. The van der Waals surface area contributed by atoms with Gasteiger partial charge in [0.2, 0.25) is 0 Å². The first kappa shape index (κ1) is 11.2. The lowest BCUT2D eigenvalue weighted by atomic mass is 9.96. The molecule has 0 saturated heterocycles. The van der Waals surface area contributed by atoms with Crippen molar-refractivity contribution in [2.45, 2.75) is 39.5 Å². The highest BCUT2D eigenvalue weighted by Crippen LogP contribution is 2.31. The van der Waals surface area contributed by atoms with Crippen molar-refractivity contribution in [1.29, 1.82) is 0 Å². The van der Waals surface area contributed by atoms with E-state index >= 15 is 0 Å². The zero-order chi connectivity index (χ0) is 11.5. The molecule has 1 aliphatic carbocycles. The van der Waals surface area contributed by atoms with Crippen molar-refractivity contribution < 1.29 is 9.53 Å². The molecule has 0 spiro atoms. The van der Waals surface area contributed by atoms with E-state index < -0.39 is 0 Å². The molecule has 0 bridgehead atoms. The van der Waals surface area contributed by atoms with Gasteiger partial charge in [0.05, 0.1) is 6.61 Å². The maximum Gasteiger partial charge on any atom is 0.163 e. The molecule has 1 aliphatic rings. The normalized spacial score (nSPS) is 15.5. The molecular weight excluding hydrogens is 200 g/mol. The van der Waals surface area contributed by atoms with Gasteiger partial charge in [-0.3, -0.25) is 4.79 Å². The predicted molar refractivity (Wildman–Crippen MR) is 64.2 cm³/mol. The summed E-state index contributed by atoms with van der Waals surface area (Å²) >= 11 is 0. The fourth-order valence-electron chi connectivity index (χ4n) is 2.39. The van der Waals surface area contributed by atoms with Crippen LogP contribution in [0.1, 0.15) is 47.7 Å². The van der Waals surface area contributed by atoms with Crippen LogP contribution in [-0.2, 0) is 6.42 Å². The molecule has 2 heteroatoms. The first-order valence-corrected chi connectivity index (χ1v) is 6.02. The Morgan fingerprint density at radius 3 is 2.75 bits per heavy atom. The highest BCUT2D eigenvalue weighted by molar-refractivity contribution is 5.99. The maximum atomic E-state index is 12.0. The van der Waals surface area contributed by atoms with E-state index in [0.29, 0.717) is 13.0 Å². The van der Waals surface area contributed by atoms with Crippen molar-refractivity contribution in [3.63, 3.8) is 0 Å². The van der Waals surface area contributed by atoms with Crippen molar-refractivity contribution in [2.75, 3.05) is 6.61 Å². The number of carbonyl (C=O) groups excluding carboxylic acids is 1. The van der Waals surface area contributed by atoms with Crippen molar-refractivity contribution in [3.8, 4) is 5.75 Å². The van der Waals surface area contributed by atoms with E-state index in [9.17, 15) is 4.79 Å². The van der Waals surface area contributed by atoms with E-state index in [4.69, 9.17) is 4.74 Å². The quantitative estimate of drug-likeness (QED) is 0.712. The van der Waals surface area contributed by atoms with E-state index in [-0.39, 0.29) is 5.78 Å². The van der Waals surface area contributed by atoms with Crippen LogP contribution < -0.4 is 4.74 Å². The third-order valence-electron chi connectivity index (χ3n) is 3.14. The van der Waals surface area contributed by atoms with Crippen LogP contribution in [0.4, 0.5) is 0 Å². The van der Waals surface area contributed by atoms with Gasteiger partial charge < -0.3 is 4.74 Å². The highest BCUT2D eigenvalue weighted by atomic mass is 16.5. The van der Waals surface area contributed by atoms with Gasteiger partial charge in [-0.25, -0.2) is 0 Å². The van der Waals surface area contributed by atoms with Gasteiger partial charge in [0.15, 0.2) is 5.78 Å². The number of carbonyl (C=O) groups is 1. The van der Waals surface area contributed by atoms with E-state index in [0.717, 1.165) is 41.7 Å². The number of hydrogen-bond donors (Lipinski definition) is 0. The number of rotatable bonds is 2. The van der Waals surface area contributed by atoms with Crippen LogP contribution in [0.25, 0.3) is 0 Å². The van der Waals surface area contributed by atoms with Gasteiger partial charge in [-0.1, -0.05) is 6.07 Å². The van der Waals surface area contributed by atoms with Crippen molar-refractivity contribution in [3.05, 3.63) is 28.8 Å². The molecule has 0 aliphatic heterocycles. The fraction of sp³-hybridized carbons (Fsp3) is 0.500. The number of ether oxygens (including phenoxy) is 1. The molecule has 1 aromatic carbocycles. The van der Waals surface area contributed by atoms with Gasteiger partial charge >= 0.3 is 0 Å². The Bertz CT molecular complexity index is 407. The van der Waals surface area contributed by atoms with E-state index in [1.165, 1.54) is 0 Å². The summed E-state index contributed by atoms with van der Waals surface area (Å²) < 4.78 is 5.61. The molecule has 0 N–H and O–H groups in total. The van der Waals surface area contributed by atoms with Crippen LogP contribution >= 0.6 is 0 Å². The van der Waals surface area contributed by atoms with Crippen molar-refractivity contribution >= 4 is 5.78 Å². The Morgan fingerprint density at radius 1 is 1.25 bits per heavy atom. The average molecular weight is 218 g/mol. The number of Topliss-reactive ketones (excluding diaryl/α,β-unsaturated/α-hetero) is 1. The Morgan fingerprint density at radius 2 is 2.00 bits per heavy atom. The van der Waals surface area contributed by atoms with Gasteiger partial charge in [0.1, 0.15) is 5.75 Å². The minimum atomic E-state index is 0.284. The van der Waals surface area contributed by atoms with Gasteiger partial charge in [0, 0.05) is 17.5 Å². The molecule has 86 valence electrons. The summed E-state index contributed by atoms with van der Waals surface area (Å²) in [7, 11) is 0. The highest BCUT2D eigenvalue weighted by Gasteiger charge is 2.20. The lowest BCUT2D eigenvalue weighted by Crippen LogP contribution is -2.06. The molecule has 0 aromatic heterocycles. The monoisotopic (exact) mass is 218 g/mol. The van der Waals surface area contributed by atoms with Gasteiger partial charge in [-0.2, -0.15) is 0 Å². The van der Waals surface area contributed by atoms with E-state index in [1.54, 1.807) is 0 Å². The van der Waals surface area contributed by atoms with Crippen LogP contribution in [0.2, 0.25) is 0 Å². The summed E-state index contributed by atoms with van der Waals surface area (Å²) in [4.78, 5) is 12.0. The summed E-state index contributed by atoms with van der Waals surface area (Å²) in [5, 5.41) is 0. The SMILES string of the molecule is CCOc1ccc(C)c2c1CCCCC2=O. The summed E-state index contributed by atoms with van der Waals surface area (Å²) in [6.45, 7) is 4.65. The number of fused-ring (bicyclic) bond motifs is 1. The van der Waals surface area contributed by atoms with Crippen LogP contribution in [0.5, 0.6) is 5.75 Å². The molecule has 0 radical (unpaired) electrons. The van der Waals surface area contributed by atoms with E-state index in [2.05, 4.69) is 0 Å². The van der Waals surface area contributed by atoms with Crippen LogP contribution in [0, 0.1) is 6.92 Å². The first-order chi connectivity index (χ1) is 7.74. The molecule has 0 saturated carbocycles. The average Bonchev–Trinajstić information content (AvgIpc) is 2.46.